The second kappa shape index (κ2) is 2.55. The molecule has 0 rings (SSSR count). The molecule has 0 aromatic carbocycles. The van der Waals surface area contributed by atoms with Gasteiger partial charge in [0.15, 0.2) is 0 Å². The molecule has 0 saturated carbocycles. The molecular formula is Cl2Fe2Pd. The third-order valence-corrected chi connectivity index (χ3v) is 0. The molecule has 0 aromatic heterocycles. The minimum absolute atomic E-state index is 2.26. The van der Waals surface area contributed by atoms with Gasteiger partial charge in [-0.15, -0.1) is 0 Å². The number of rotatable bonds is 0. The normalized spacial score (nSPS) is 15.2. The Bertz CT molecular complexity index is 23.1. The number of hydrogen-bond donors (Lipinski definition) is 0. The number of halogens is 2. The third-order valence-electron chi connectivity index (χ3n) is 0. The molecule has 0 bridgehead atoms. The Labute approximate surface area is 54.8 Å². The van der Waals surface area contributed by atoms with E-state index in [0.29, 0.717) is 0 Å². The van der Waals surface area contributed by atoms with Crippen LogP contribution in [0.15, 0.2) is 0 Å². The van der Waals surface area contributed by atoms with Crippen molar-refractivity contribution in [2.75, 3.05) is 0 Å². The van der Waals surface area contributed by atoms with Crippen LogP contribution in [0.3, 0.4) is 0 Å². The average Bonchev–Trinajstić information content (AvgIpc) is 0.722. The van der Waals surface area contributed by atoms with Gasteiger partial charge >= 0.3 is 55.5 Å². The first kappa shape index (κ1) is 7.28. The zero-order valence-corrected chi connectivity index (χ0v) is 7.05. The van der Waals surface area contributed by atoms with Crippen LogP contribution in [0.5, 0.6) is 0 Å². The molecule has 40 valence electrons. The third kappa shape index (κ3) is 22.1. The van der Waals surface area contributed by atoms with Crippen LogP contribution in [0.25, 0.3) is 0 Å². The maximum atomic E-state index is 5.22. The first-order chi connectivity index (χ1) is 2.00. The molecule has 0 aliphatic heterocycles. The van der Waals surface area contributed by atoms with Crippen LogP contribution in [0, 0.1) is 0 Å². The molecule has 0 atom stereocenters. The summed E-state index contributed by atoms with van der Waals surface area (Å²) in [6.45, 7) is 0. The predicted octanol–water partition coefficient (Wildman–Crippen LogP) is 1.37. The van der Waals surface area contributed by atoms with E-state index in [1.807, 2.05) is 0 Å². The summed E-state index contributed by atoms with van der Waals surface area (Å²) in [6.07, 6.45) is 0. The van der Waals surface area contributed by atoms with Gasteiger partial charge in [-0.25, -0.2) is 0 Å². The van der Waals surface area contributed by atoms with Crippen molar-refractivity contribution < 1.29 is 36.4 Å². The molecule has 0 aliphatic carbocycles. The fourth-order valence-electron chi connectivity index (χ4n) is 0. The van der Waals surface area contributed by atoms with Crippen LogP contribution in [0.4, 0.5) is 0 Å². The van der Waals surface area contributed by atoms with Crippen LogP contribution < -0.4 is 0 Å². The van der Waals surface area contributed by atoms with E-state index in [-0.39, 0.29) is 0 Å². The Morgan fingerprint density at radius 3 is 1.20 bits per heavy atom. The molecule has 0 spiro atoms. The van der Waals surface area contributed by atoms with Crippen molar-refractivity contribution in [3.63, 3.8) is 0 Å². The SMILES string of the molecule is [Cl][Pd]([Cl])([Fe])[Fe]. The summed E-state index contributed by atoms with van der Waals surface area (Å²) in [6, 6.07) is 0. The molecule has 0 heterocycles. The molecule has 0 fully saturated rings. The van der Waals surface area contributed by atoms with Gasteiger partial charge in [-0.2, -0.15) is 0 Å². The second-order valence-corrected chi connectivity index (χ2v) is 18.8. The zero-order valence-electron chi connectivity index (χ0n) is 1.78. The van der Waals surface area contributed by atoms with Crippen molar-refractivity contribution in [1.82, 2.24) is 0 Å². The first-order valence-corrected chi connectivity index (χ1v) is 9.70. The zero-order chi connectivity index (χ0) is 4.50. The van der Waals surface area contributed by atoms with E-state index in [4.69, 9.17) is 19.1 Å². The molecule has 0 amide bonds. The van der Waals surface area contributed by atoms with Gasteiger partial charge in [0.25, 0.3) is 0 Å². The molecule has 0 N–H and O–H groups in total. The van der Waals surface area contributed by atoms with Gasteiger partial charge in [-0.1, -0.05) is 0 Å². The Morgan fingerprint density at radius 2 is 1.20 bits per heavy atom. The van der Waals surface area contributed by atoms with Crippen molar-refractivity contribution in [1.29, 1.82) is 0 Å². The molecule has 0 aliphatic rings. The van der Waals surface area contributed by atoms with Gasteiger partial charge in [0.1, 0.15) is 0 Å². The van der Waals surface area contributed by atoms with Gasteiger partial charge < -0.3 is 0 Å². The van der Waals surface area contributed by atoms with Crippen LogP contribution in [0.2, 0.25) is 0 Å². The topological polar surface area (TPSA) is 0 Å². The van der Waals surface area contributed by atoms with Crippen LogP contribution in [-0.2, 0) is 36.4 Å². The summed E-state index contributed by atoms with van der Waals surface area (Å²) in [4.78, 5) is 0. The van der Waals surface area contributed by atoms with Gasteiger partial charge in [-0.3, -0.25) is 0 Å². The Morgan fingerprint density at radius 1 is 1.20 bits per heavy atom. The van der Waals surface area contributed by atoms with Gasteiger partial charge in [0.2, 0.25) is 0 Å². The second-order valence-electron chi connectivity index (χ2n) is 0.254. The van der Waals surface area contributed by atoms with Crippen molar-refractivity contribution in [2.24, 2.45) is 0 Å². The standard InChI is InChI=1S/2ClH.2Fe.Pd/h2*1H;;;/q;;;;+2/p-2. The van der Waals surface area contributed by atoms with E-state index in [9.17, 15) is 0 Å². The van der Waals surface area contributed by atoms with Crippen LogP contribution in [0.1, 0.15) is 0 Å². The van der Waals surface area contributed by atoms with Crippen molar-refractivity contribution >= 4 is 19.1 Å². The van der Waals surface area contributed by atoms with Crippen molar-refractivity contribution in [2.45, 2.75) is 0 Å². The van der Waals surface area contributed by atoms with Gasteiger partial charge in [0, 0.05) is 0 Å². The van der Waals surface area contributed by atoms with Crippen LogP contribution >= 0.6 is 19.1 Å². The van der Waals surface area contributed by atoms with Gasteiger partial charge in [0.05, 0.1) is 0 Å². The average molecular weight is 289 g/mol. The minimum atomic E-state index is -2.26. The summed E-state index contributed by atoms with van der Waals surface area (Å²) < 4.78 is 0. The molecule has 0 unspecified atom stereocenters. The summed E-state index contributed by atoms with van der Waals surface area (Å²) >= 11 is 6.68. The van der Waals surface area contributed by atoms with Gasteiger partial charge in [-0.05, 0) is 0 Å². The van der Waals surface area contributed by atoms with Crippen LogP contribution in [-0.4, -0.2) is 0 Å². The summed E-state index contributed by atoms with van der Waals surface area (Å²) in [5, 5.41) is 0. The number of hydrogen-bond acceptors (Lipinski definition) is 0. The molecule has 0 saturated heterocycles. The quantitative estimate of drug-likeness (QED) is 0.591. The fraction of sp³-hybridized carbons (Fsp3) is 0. The molecular weight excluding hydrogens is 289 g/mol. The molecule has 0 radical (unpaired) electrons. The molecule has 0 nitrogen and oxygen atoms in total. The summed E-state index contributed by atoms with van der Waals surface area (Å²) in [7, 11) is 8.19. The van der Waals surface area contributed by atoms with E-state index in [1.54, 1.807) is 0 Å². The first-order valence-electron chi connectivity index (χ1n) is 0.463. The molecule has 5 heteroatoms. The summed E-state index contributed by atoms with van der Waals surface area (Å²) in [5.41, 5.74) is 0. The molecule has 0 aromatic rings. The Hall–Kier alpha value is 2.28. The Balaban J connectivity index is 3.02. The predicted molar refractivity (Wildman–Crippen MR) is 11.7 cm³/mol. The maximum absolute atomic E-state index is 5.22. The monoisotopic (exact) mass is 288 g/mol. The van der Waals surface area contributed by atoms with E-state index >= 15 is 0 Å². The van der Waals surface area contributed by atoms with E-state index in [0.717, 1.165) is 0 Å². The van der Waals surface area contributed by atoms with E-state index < -0.39 is 9.42 Å². The van der Waals surface area contributed by atoms with E-state index in [1.165, 1.54) is 0 Å². The molecule has 5 heavy (non-hydrogen) atoms. The van der Waals surface area contributed by atoms with Crippen molar-refractivity contribution in [3.05, 3.63) is 0 Å². The fourth-order valence-corrected chi connectivity index (χ4v) is 0. The van der Waals surface area contributed by atoms with Crippen molar-refractivity contribution in [3.8, 4) is 0 Å². The summed E-state index contributed by atoms with van der Waals surface area (Å²) in [5.74, 6) is 0. The Kier molecular flexibility index (Phi) is 3.72. The van der Waals surface area contributed by atoms with E-state index in [2.05, 4.69) is 27.0 Å².